The average molecular weight is 745 g/mol. The quantitative estimate of drug-likeness (QED) is 0.150. The van der Waals surface area contributed by atoms with Crippen molar-refractivity contribution in [2.45, 2.75) is 0 Å². The lowest BCUT2D eigenvalue weighted by Crippen LogP contribution is -2.10. The highest BCUT2D eigenvalue weighted by molar-refractivity contribution is 7.27. The molecule has 10 aromatic carbocycles. The molecule has 11 rings (SSSR count). The number of hydrogen-bond donors (Lipinski definition) is 0. The number of fused-ring (bicyclic) bond motifs is 9. The molecule has 268 valence electrons. The Labute approximate surface area is 335 Å². The first-order valence-electron chi connectivity index (χ1n) is 19.4. The molecule has 0 saturated carbocycles. The molecule has 0 N–H and O–H groups in total. The molecular formula is C54H36N2S. The largest absolute Gasteiger partial charge is 0.311 e. The predicted molar refractivity (Wildman–Crippen MR) is 247 cm³/mol. The number of hydrogen-bond acceptors (Lipinski definition) is 3. The van der Waals surface area contributed by atoms with Crippen molar-refractivity contribution in [1.82, 2.24) is 0 Å². The van der Waals surface area contributed by atoms with Gasteiger partial charge in [-0.25, -0.2) is 0 Å². The van der Waals surface area contributed by atoms with Gasteiger partial charge in [0.25, 0.3) is 0 Å². The number of nitrogens with zero attached hydrogens (tertiary/aromatic N) is 2. The molecule has 0 saturated heterocycles. The van der Waals surface area contributed by atoms with Gasteiger partial charge in [-0.1, -0.05) is 146 Å². The van der Waals surface area contributed by atoms with Gasteiger partial charge in [-0.05, 0) is 105 Å². The van der Waals surface area contributed by atoms with Crippen LogP contribution >= 0.6 is 11.3 Å². The molecular weight excluding hydrogens is 709 g/mol. The zero-order valence-electron chi connectivity index (χ0n) is 31.1. The third-order valence-corrected chi connectivity index (χ3v) is 12.4. The maximum Gasteiger partial charge on any atom is 0.0540 e. The summed E-state index contributed by atoms with van der Waals surface area (Å²) in [5, 5.41) is 10.2. The summed E-state index contributed by atoms with van der Waals surface area (Å²) >= 11 is 1.90. The smallest absolute Gasteiger partial charge is 0.0540 e. The van der Waals surface area contributed by atoms with Crippen LogP contribution < -0.4 is 9.80 Å². The molecule has 0 aliphatic rings. The Balaban J connectivity index is 1.04. The summed E-state index contributed by atoms with van der Waals surface area (Å²) in [6.45, 7) is 0. The van der Waals surface area contributed by atoms with Gasteiger partial charge in [0.05, 0.1) is 5.69 Å². The van der Waals surface area contributed by atoms with Crippen LogP contribution in [0.5, 0.6) is 0 Å². The number of anilines is 6. The van der Waals surface area contributed by atoms with Crippen LogP contribution in [0.2, 0.25) is 0 Å². The van der Waals surface area contributed by atoms with Crippen molar-refractivity contribution in [3.05, 3.63) is 218 Å². The van der Waals surface area contributed by atoms with E-state index in [1.165, 1.54) is 69.3 Å². The van der Waals surface area contributed by atoms with Crippen molar-refractivity contribution < 1.29 is 0 Å². The summed E-state index contributed by atoms with van der Waals surface area (Å²) in [5.74, 6) is 0. The number of rotatable bonds is 7. The van der Waals surface area contributed by atoms with E-state index < -0.39 is 0 Å². The highest BCUT2D eigenvalue weighted by Gasteiger charge is 2.19. The Hall–Kier alpha value is -7.20. The first-order chi connectivity index (χ1) is 28.3. The van der Waals surface area contributed by atoms with Crippen molar-refractivity contribution in [2.24, 2.45) is 0 Å². The first kappa shape index (κ1) is 33.2. The standard InChI is InChI=1S/C54H36N2S/c1-4-17-40(18-5-1)55(41-19-6-2-7-20-41)43-30-27-37(28-31-43)39-29-33-48-50(35-39)46-24-12-13-25-47(46)53-49-34-32-44(36-52(49)57-54(48)53)56(42-21-8-3-9-22-42)51-26-14-16-38-15-10-11-23-45(38)51/h1-36H. The maximum atomic E-state index is 2.40. The minimum absolute atomic E-state index is 1.13. The van der Waals surface area contributed by atoms with Gasteiger partial charge < -0.3 is 9.80 Å². The molecule has 0 radical (unpaired) electrons. The second-order valence-electron chi connectivity index (χ2n) is 14.5. The zero-order chi connectivity index (χ0) is 37.7. The predicted octanol–water partition coefficient (Wildman–Crippen LogP) is 16.1. The van der Waals surface area contributed by atoms with E-state index in [0.717, 1.165) is 28.4 Å². The molecule has 0 aliphatic heterocycles. The van der Waals surface area contributed by atoms with Crippen LogP contribution in [0.3, 0.4) is 0 Å². The maximum absolute atomic E-state index is 2.40. The molecule has 1 aromatic heterocycles. The minimum Gasteiger partial charge on any atom is -0.311 e. The number of thiophene rings is 1. The topological polar surface area (TPSA) is 6.48 Å². The van der Waals surface area contributed by atoms with E-state index in [0.29, 0.717) is 0 Å². The fourth-order valence-electron chi connectivity index (χ4n) is 8.57. The molecule has 0 fully saturated rings. The zero-order valence-corrected chi connectivity index (χ0v) is 31.9. The van der Waals surface area contributed by atoms with Crippen LogP contribution in [0.15, 0.2) is 218 Å². The van der Waals surface area contributed by atoms with E-state index in [2.05, 4.69) is 228 Å². The molecule has 0 amide bonds. The normalized spacial score (nSPS) is 11.5. The molecule has 1 heterocycles. The minimum atomic E-state index is 1.13. The highest BCUT2D eigenvalue weighted by atomic mass is 32.1. The van der Waals surface area contributed by atoms with Crippen molar-refractivity contribution in [3.8, 4) is 11.1 Å². The Morgan fingerprint density at radius 1 is 0.298 bits per heavy atom. The van der Waals surface area contributed by atoms with E-state index in [4.69, 9.17) is 0 Å². The molecule has 0 atom stereocenters. The molecule has 0 spiro atoms. The third-order valence-electron chi connectivity index (χ3n) is 11.2. The van der Waals surface area contributed by atoms with Gasteiger partial charge in [-0.2, -0.15) is 0 Å². The molecule has 57 heavy (non-hydrogen) atoms. The Morgan fingerprint density at radius 2 is 0.825 bits per heavy atom. The molecule has 0 bridgehead atoms. The Kier molecular flexibility index (Phi) is 8.04. The number of para-hydroxylation sites is 3. The summed E-state index contributed by atoms with van der Waals surface area (Å²) in [7, 11) is 0. The second kappa shape index (κ2) is 13.8. The lowest BCUT2D eigenvalue weighted by atomic mass is 9.94. The van der Waals surface area contributed by atoms with Crippen molar-refractivity contribution in [3.63, 3.8) is 0 Å². The summed E-state index contributed by atoms with van der Waals surface area (Å²) in [4.78, 5) is 4.71. The number of benzene rings is 10. The van der Waals surface area contributed by atoms with Crippen LogP contribution in [0, 0.1) is 0 Å². The van der Waals surface area contributed by atoms with Gasteiger partial charge in [0.1, 0.15) is 0 Å². The van der Waals surface area contributed by atoms with Gasteiger partial charge in [0, 0.05) is 59.4 Å². The van der Waals surface area contributed by atoms with Crippen LogP contribution in [0.25, 0.3) is 63.6 Å². The van der Waals surface area contributed by atoms with Crippen LogP contribution in [-0.2, 0) is 0 Å². The fraction of sp³-hybridized carbons (Fsp3) is 0. The Morgan fingerprint density at radius 3 is 1.53 bits per heavy atom. The van der Waals surface area contributed by atoms with Gasteiger partial charge in [-0.3, -0.25) is 0 Å². The van der Waals surface area contributed by atoms with Gasteiger partial charge >= 0.3 is 0 Å². The van der Waals surface area contributed by atoms with E-state index in [9.17, 15) is 0 Å². The Bertz CT molecular complexity index is 3180. The molecule has 2 nitrogen and oxygen atoms in total. The van der Waals surface area contributed by atoms with Crippen LogP contribution in [-0.4, -0.2) is 0 Å². The summed E-state index contributed by atoms with van der Waals surface area (Å²) in [6, 6.07) is 79.1. The van der Waals surface area contributed by atoms with Crippen LogP contribution in [0.4, 0.5) is 34.1 Å². The first-order valence-corrected chi connectivity index (χ1v) is 20.2. The third kappa shape index (κ3) is 5.71. The SMILES string of the molecule is c1ccc(N(c2ccccc2)c2ccc(-c3ccc4c(c3)c3ccccc3c3c5ccc(N(c6ccccc6)c6cccc7ccccc67)cc5sc43)cc2)cc1. The van der Waals surface area contributed by atoms with E-state index in [1.54, 1.807) is 0 Å². The fourth-order valence-corrected chi connectivity index (χ4v) is 9.86. The summed E-state index contributed by atoms with van der Waals surface area (Å²) in [5.41, 5.74) is 9.25. The molecule has 11 aromatic rings. The molecule has 0 unspecified atom stereocenters. The lowest BCUT2D eigenvalue weighted by Gasteiger charge is -2.27. The summed E-state index contributed by atoms with van der Waals surface area (Å²) in [6.07, 6.45) is 0. The van der Waals surface area contributed by atoms with Gasteiger partial charge in [0.15, 0.2) is 0 Å². The van der Waals surface area contributed by atoms with Crippen molar-refractivity contribution >= 4 is 98.0 Å². The molecule has 3 heteroatoms. The van der Waals surface area contributed by atoms with Crippen LogP contribution in [0.1, 0.15) is 0 Å². The van der Waals surface area contributed by atoms with Gasteiger partial charge in [0.2, 0.25) is 0 Å². The monoisotopic (exact) mass is 744 g/mol. The summed E-state index contributed by atoms with van der Waals surface area (Å²) < 4.78 is 2.61. The van der Waals surface area contributed by atoms with E-state index in [1.807, 2.05) is 11.3 Å². The van der Waals surface area contributed by atoms with Gasteiger partial charge in [-0.15, -0.1) is 11.3 Å². The van der Waals surface area contributed by atoms with Crippen molar-refractivity contribution in [1.29, 1.82) is 0 Å². The second-order valence-corrected chi connectivity index (χ2v) is 15.6. The average Bonchev–Trinajstić information content (AvgIpc) is 3.67. The lowest BCUT2D eigenvalue weighted by molar-refractivity contribution is 1.28. The molecule has 0 aliphatic carbocycles. The highest BCUT2D eigenvalue weighted by Crippen LogP contribution is 2.47. The van der Waals surface area contributed by atoms with E-state index in [-0.39, 0.29) is 0 Å². The van der Waals surface area contributed by atoms with Crippen molar-refractivity contribution in [2.75, 3.05) is 9.80 Å². The van der Waals surface area contributed by atoms with E-state index >= 15 is 0 Å².